The van der Waals surface area contributed by atoms with Gasteiger partial charge in [-0.15, -0.1) is 13.2 Å². The third-order valence-electron chi connectivity index (χ3n) is 3.45. The first-order chi connectivity index (χ1) is 9.04. The summed E-state index contributed by atoms with van der Waals surface area (Å²) in [6.07, 6.45) is -3.06. The molecule has 3 nitrogen and oxygen atoms in total. The lowest BCUT2D eigenvalue weighted by atomic mass is 10.0. The van der Waals surface area contributed by atoms with Crippen molar-refractivity contribution in [3.63, 3.8) is 0 Å². The van der Waals surface area contributed by atoms with Crippen LogP contribution < -0.4 is 25.8 Å². The molecular formula is C13H13F3N2O. The Morgan fingerprint density at radius 2 is 2.05 bits per heavy atom. The molecule has 0 saturated carbocycles. The average Bonchev–Trinajstić information content (AvgIpc) is 2.70. The number of benzene rings is 1. The summed E-state index contributed by atoms with van der Waals surface area (Å²) >= 11 is 0. The standard InChI is InChI=1S/C13H13F3N2O/c14-13(15,16)19-12-3-1-2-9-10-6-17-4-8(10)5-18-7-11(9)12/h1-3,7-8,17-18H,4-6H2/t8-/m0/s1. The molecule has 1 aromatic rings. The van der Waals surface area contributed by atoms with Gasteiger partial charge in [0.25, 0.3) is 0 Å². The first-order valence-electron chi connectivity index (χ1n) is 6.07. The van der Waals surface area contributed by atoms with Crippen LogP contribution in [0.1, 0.15) is 0 Å². The molecular weight excluding hydrogens is 257 g/mol. The molecule has 0 radical (unpaired) electrons. The minimum absolute atomic E-state index is 0.155. The minimum atomic E-state index is -4.67. The summed E-state index contributed by atoms with van der Waals surface area (Å²) in [7, 11) is 0. The number of ether oxygens (including phenoxy) is 1. The summed E-state index contributed by atoms with van der Waals surface area (Å²) in [5.41, 5.74) is 1.14. The summed E-state index contributed by atoms with van der Waals surface area (Å²) in [6, 6.07) is 4.78. The fourth-order valence-corrected chi connectivity index (χ4v) is 2.65. The largest absolute Gasteiger partial charge is 0.573 e. The maximum Gasteiger partial charge on any atom is 0.573 e. The van der Waals surface area contributed by atoms with Crippen LogP contribution in [0.3, 0.4) is 0 Å². The first kappa shape index (κ1) is 12.3. The van der Waals surface area contributed by atoms with E-state index in [1.807, 2.05) is 6.07 Å². The fraction of sp³-hybridized carbons (Fsp3) is 0.385. The van der Waals surface area contributed by atoms with E-state index in [1.54, 1.807) is 12.3 Å². The van der Waals surface area contributed by atoms with Gasteiger partial charge in [0.2, 0.25) is 0 Å². The Morgan fingerprint density at radius 1 is 1.21 bits per heavy atom. The number of hydrogen-bond acceptors (Lipinski definition) is 3. The van der Waals surface area contributed by atoms with Crippen molar-refractivity contribution in [1.29, 1.82) is 0 Å². The lowest BCUT2D eigenvalue weighted by Gasteiger charge is -2.10. The van der Waals surface area contributed by atoms with E-state index >= 15 is 0 Å². The number of fused-ring (bicyclic) bond motifs is 2. The molecule has 1 fully saturated rings. The molecule has 2 N–H and O–H groups in total. The summed E-state index contributed by atoms with van der Waals surface area (Å²) in [4.78, 5) is 0. The highest BCUT2D eigenvalue weighted by Gasteiger charge is 2.32. The van der Waals surface area contributed by atoms with Crippen LogP contribution in [0.4, 0.5) is 13.2 Å². The number of alkyl halides is 3. The molecule has 2 heterocycles. The normalized spacial score (nSPS) is 21.8. The van der Waals surface area contributed by atoms with E-state index in [-0.39, 0.29) is 5.75 Å². The van der Waals surface area contributed by atoms with Crippen molar-refractivity contribution in [3.8, 4) is 5.75 Å². The van der Waals surface area contributed by atoms with Crippen molar-refractivity contribution in [2.24, 2.45) is 5.92 Å². The number of nitrogens with one attached hydrogen (secondary N) is 2. The summed E-state index contributed by atoms with van der Waals surface area (Å²) in [5, 5.41) is 7.62. The second kappa shape index (κ2) is 4.45. The van der Waals surface area contributed by atoms with Gasteiger partial charge in [-0.1, -0.05) is 12.1 Å². The van der Waals surface area contributed by atoms with Gasteiger partial charge < -0.3 is 15.4 Å². The molecule has 3 rings (SSSR count). The quantitative estimate of drug-likeness (QED) is 0.770. The van der Waals surface area contributed by atoms with Gasteiger partial charge in [-0.2, -0.15) is 0 Å². The molecule has 0 aromatic heterocycles. The fourth-order valence-electron chi connectivity index (χ4n) is 2.65. The van der Waals surface area contributed by atoms with Crippen LogP contribution in [0.25, 0.3) is 11.8 Å². The van der Waals surface area contributed by atoms with E-state index < -0.39 is 6.36 Å². The third-order valence-corrected chi connectivity index (χ3v) is 3.45. The molecule has 1 atom stereocenters. The minimum Gasteiger partial charge on any atom is -0.405 e. The maximum absolute atomic E-state index is 12.4. The molecule has 0 spiro atoms. The molecule has 1 saturated heterocycles. The van der Waals surface area contributed by atoms with Gasteiger partial charge in [0.05, 0.1) is 0 Å². The zero-order valence-corrected chi connectivity index (χ0v) is 10.1. The van der Waals surface area contributed by atoms with Gasteiger partial charge in [-0.3, -0.25) is 0 Å². The summed E-state index contributed by atoms with van der Waals surface area (Å²) in [6.45, 7) is 2.28. The second-order valence-electron chi connectivity index (χ2n) is 4.67. The average molecular weight is 270 g/mol. The van der Waals surface area contributed by atoms with Crippen LogP contribution in [-0.4, -0.2) is 26.0 Å². The number of hydrogen-bond donors (Lipinski definition) is 2. The van der Waals surface area contributed by atoms with Gasteiger partial charge in [-0.25, -0.2) is 0 Å². The molecule has 6 heteroatoms. The van der Waals surface area contributed by atoms with Crippen LogP contribution in [0.2, 0.25) is 0 Å². The molecule has 1 aromatic carbocycles. The van der Waals surface area contributed by atoms with Crippen molar-refractivity contribution < 1.29 is 17.9 Å². The molecule has 0 bridgehead atoms. The van der Waals surface area contributed by atoms with Gasteiger partial charge in [0.15, 0.2) is 0 Å². The van der Waals surface area contributed by atoms with Crippen LogP contribution in [0.5, 0.6) is 5.75 Å². The van der Waals surface area contributed by atoms with E-state index in [1.165, 1.54) is 6.07 Å². The zero-order chi connectivity index (χ0) is 13.5. The predicted octanol–water partition coefficient (Wildman–Crippen LogP) is 0.296. The molecule has 102 valence electrons. The zero-order valence-electron chi connectivity index (χ0n) is 10.1. The Kier molecular flexibility index (Phi) is 2.89. The molecule has 19 heavy (non-hydrogen) atoms. The molecule has 0 aliphatic carbocycles. The highest BCUT2D eigenvalue weighted by atomic mass is 19.4. The SMILES string of the molecule is FC(F)(F)Oc1cccc2c1=CNC[C@@H]1CNCC=21. The van der Waals surface area contributed by atoms with Crippen molar-refractivity contribution in [3.05, 3.63) is 28.6 Å². The molecule has 0 unspecified atom stereocenters. The summed E-state index contributed by atoms with van der Waals surface area (Å²) < 4.78 is 41.3. The monoisotopic (exact) mass is 270 g/mol. The Morgan fingerprint density at radius 3 is 2.84 bits per heavy atom. The van der Waals surface area contributed by atoms with E-state index in [4.69, 9.17) is 0 Å². The van der Waals surface area contributed by atoms with E-state index in [0.717, 1.165) is 23.9 Å². The highest BCUT2D eigenvalue weighted by molar-refractivity contribution is 5.56. The summed E-state index contributed by atoms with van der Waals surface area (Å²) in [5.74, 6) is 0.163. The molecule has 2 aliphatic rings. The van der Waals surface area contributed by atoms with Crippen molar-refractivity contribution in [2.45, 2.75) is 6.36 Å². The Hall–Kier alpha value is -1.69. The van der Waals surface area contributed by atoms with Crippen LogP contribution in [-0.2, 0) is 0 Å². The predicted molar refractivity (Wildman–Crippen MR) is 64.6 cm³/mol. The van der Waals surface area contributed by atoms with Crippen molar-refractivity contribution in [2.75, 3.05) is 19.6 Å². The van der Waals surface area contributed by atoms with E-state index in [0.29, 0.717) is 17.7 Å². The number of rotatable bonds is 1. The maximum atomic E-state index is 12.4. The highest BCUT2D eigenvalue weighted by Crippen LogP contribution is 2.20. The van der Waals surface area contributed by atoms with Gasteiger partial charge in [-0.05, 0) is 16.9 Å². The number of halogens is 3. The lowest BCUT2D eigenvalue weighted by molar-refractivity contribution is -0.275. The third kappa shape index (κ3) is 2.40. The Balaban J connectivity index is 2.19. The smallest absolute Gasteiger partial charge is 0.405 e. The van der Waals surface area contributed by atoms with Crippen molar-refractivity contribution >= 4 is 11.8 Å². The molecule has 0 amide bonds. The van der Waals surface area contributed by atoms with Gasteiger partial charge in [0, 0.05) is 37.0 Å². The second-order valence-corrected chi connectivity index (χ2v) is 4.67. The topological polar surface area (TPSA) is 33.3 Å². The van der Waals surface area contributed by atoms with Gasteiger partial charge >= 0.3 is 6.36 Å². The van der Waals surface area contributed by atoms with Gasteiger partial charge in [0.1, 0.15) is 5.75 Å². The van der Waals surface area contributed by atoms with Crippen LogP contribution in [0, 0.1) is 5.92 Å². The van der Waals surface area contributed by atoms with Crippen molar-refractivity contribution in [1.82, 2.24) is 10.6 Å². The Labute approximate surface area is 107 Å². The van der Waals surface area contributed by atoms with Crippen LogP contribution >= 0.6 is 0 Å². The van der Waals surface area contributed by atoms with E-state index in [2.05, 4.69) is 15.4 Å². The lowest BCUT2D eigenvalue weighted by Crippen LogP contribution is -2.32. The van der Waals surface area contributed by atoms with E-state index in [9.17, 15) is 13.2 Å². The Bertz CT molecular complexity index is 609. The first-order valence-corrected chi connectivity index (χ1v) is 6.07. The van der Waals surface area contributed by atoms with Crippen LogP contribution in [0.15, 0.2) is 18.2 Å². The molecule has 2 aliphatic heterocycles.